The van der Waals surface area contributed by atoms with E-state index in [1.54, 1.807) is 31.4 Å². The number of anilines is 1. The highest BCUT2D eigenvalue weighted by atomic mass is 32.2. The van der Waals surface area contributed by atoms with Gasteiger partial charge in [-0.2, -0.15) is 8.42 Å². The lowest BCUT2D eigenvalue weighted by Gasteiger charge is -2.29. The van der Waals surface area contributed by atoms with Gasteiger partial charge < -0.3 is 15.0 Å². The fraction of sp³-hybridized carbons (Fsp3) is 0.300. The van der Waals surface area contributed by atoms with E-state index < -0.39 is 10.0 Å². The molecule has 3 rings (SSSR count). The largest absolute Gasteiger partial charge is 0.497 e. The first-order valence-corrected chi connectivity index (χ1v) is 11.6. The number of sulfonamides is 1. The number of hydrogen-bond acceptors (Lipinski definition) is 6. The van der Waals surface area contributed by atoms with E-state index in [9.17, 15) is 13.2 Å². The van der Waals surface area contributed by atoms with Gasteiger partial charge in [-0.25, -0.2) is 0 Å². The van der Waals surface area contributed by atoms with Crippen molar-refractivity contribution >= 4 is 38.5 Å². The predicted molar refractivity (Wildman–Crippen MR) is 116 cm³/mol. The summed E-state index contributed by atoms with van der Waals surface area (Å²) in [6, 6.07) is 14.2. The molecule has 0 bridgehead atoms. The topological polar surface area (TPSA) is 88.1 Å². The number of fused-ring (bicyclic) bond motifs is 1. The zero-order chi connectivity index (χ0) is 20.9. The van der Waals surface area contributed by atoms with Crippen LogP contribution in [0.5, 0.6) is 5.75 Å². The van der Waals surface area contributed by atoms with E-state index in [0.717, 1.165) is 29.5 Å². The van der Waals surface area contributed by atoms with E-state index in [1.807, 2.05) is 36.1 Å². The van der Waals surface area contributed by atoms with Gasteiger partial charge >= 0.3 is 0 Å². The number of amidine groups is 1. The molecular weight excluding hydrogens is 410 g/mol. The lowest BCUT2D eigenvalue weighted by Crippen LogP contribution is -2.36. The van der Waals surface area contributed by atoms with Crippen LogP contribution in [0.15, 0.2) is 57.8 Å². The summed E-state index contributed by atoms with van der Waals surface area (Å²) in [5.41, 5.74) is 1.52. The van der Waals surface area contributed by atoms with Gasteiger partial charge in [0.1, 0.15) is 10.6 Å². The number of nitrogens with one attached hydrogen (secondary N) is 1. The van der Waals surface area contributed by atoms with Crippen molar-refractivity contribution in [1.29, 1.82) is 0 Å². The number of amides is 1. The number of nitrogens with zero attached hydrogens (tertiary/aromatic N) is 2. The molecule has 154 valence electrons. The summed E-state index contributed by atoms with van der Waals surface area (Å²) in [5, 5.41) is 3.16. The van der Waals surface area contributed by atoms with Crippen LogP contribution in [0.25, 0.3) is 0 Å². The van der Waals surface area contributed by atoms with Crippen molar-refractivity contribution in [2.24, 2.45) is 4.40 Å². The van der Waals surface area contributed by atoms with E-state index in [1.165, 1.54) is 0 Å². The van der Waals surface area contributed by atoms with Crippen LogP contribution >= 0.6 is 11.8 Å². The summed E-state index contributed by atoms with van der Waals surface area (Å²) >= 11 is 1.12. The fourth-order valence-corrected chi connectivity index (χ4v) is 5.22. The molecule has 0 aromatic heterocycles. The first-order valence-electron chi connectivity index (χ1n) is 9.18. The lowest BCUT2D eigenvalue weighted by atomic mass is 10.2. The molecule has 9 heteroatoms. The van der Waals surface area contributed by atoms with Crippen molar-refractivity contribution in [2.45, 2.75) is 24.8 Å². The molecule has 0 aliphatic carbocycles. The highest BCUT2D eigenvalue weighted by Gasteiger charge is 2.30. The minimum absolute atomic E-state index is 0.0701. The Morgan fingerprint density at radius 1 is 1.21 bits per heavy atom. The third kappa shape index (κ3) is 5.10. The molecule has 1 amide bonds. The maximum atomic E-state index is 12.5. The second-order valence-electron chi connectivity index (χ2n) is 6.39. The van der Waals surface area contributed by atoms with Gasteiger partial charge in [0.15, 0.2) is 5.17 Å². The Bertz CT molecular complexity index is 1020. The van der Waals surface area contributed by atoms with Gasteiger partial charge in [0, 0.05) is 13.1 Å². The van der Waals surface area contributed by atoms with Crippen molar-refractivity contribution in [3.8, 4) is 5.75 Å². The average molecular weight is 434 g/mol. The number of carbonyl (C=O) groups excluding carboxylic acids is 1. The predicted octanol–water partition coefficient (Wildman–Crippen LogP) is 3.02. The average Bonchev–Trinajstić information content (AvgIpc) is 2.73. The minimum Gasteiger partial charge on any atom is -0.497 e. The van der Waals surface area contributed by atoms with Crippen LogP contribution in [0.2, 0.25) is 0 Å². The Kier molecular flexibility index (Phi) is 6.81. The molecule has 0 saturated heterocycles. The van der Waals surface area contributed by atoms with E-state index in [4.69, 9.17) is 4.74 Å². The first-order chi connectivity index (χ1) is 13.9. The van der Waals surface area contributed by atoms with Gasteiger partial charge in [0.05, 0.1) is 18.6 Å². The fourth-order valence-electron chi connectivity index (χ4n) is 2.91. The molecule has 2 aromatic carbocycles. The number of benzene rings is 2. The summed E-state index contributed by atoms with van der Waals surface area (Å²) in [7, 11) is -2.18. The van der Waals surface area contributed by atoms with Crippen LogP contribution in [-0.2, 0) is 21.4 Å². The van der Waals surface area contributed by atoms with Gasteiger partial charge in [0.2, 0.25) is 5.91 Å². The zero-order valence-electron chi connectivity index (χ0n) is 16.3. The van der Waals surface area contributed by atoms with Crippen LogP contribution in [0.4, 0.5) is 5.69 Å². The van der Waals surface area contributed by atoms with Crippen molar-refractivity contribution in [1.82, 2.24) is 5.32 Å². The zero-order valence-corrected chi connectivity index (χ0v) is 17.9. The molecular formula is C20H23N3O4S2. The van der Waals surface area contributed by atoms with Gasteiger partial charge in [-0.05, 0) is 36.2 Å². The Labute approximate surface area is 175 Å². The highest BCUT2D eigenvalue weighted by Crippen LogP contribution is 2.34. The number of hydrogen-bond donors (Lipinski definition) is 1. The van der Waals surface area contributed by atoms with Crippen LogP contribution in [0, 0.1) is 0 Å². The minimum atomic E-state index is -3.77. The Morgan fingerprint density at radius 3 is 2.76 bits per heavy atom. The second kappa shape index (κ2) is 9.32. The monoisotopic (exact) mass is 433 g/mol. The summed E-state index contributed by atoms with van der Waals surface area (Å²) < 4.78 is 34.1. The van der Waals surface area contributed by atoms with Crippen molar-refractivity contribution < 1.29 is 17.9 Å². The van der Waals surface area contributed by atoms with E-state index >= 15 is 0 Å². The number of thioether (sulfide) groups is 1. The highest BCUT2D eigenvalue weighted by molar-refractivity contribution is 8.15. The third-order valence-electron chi connectivity index (χ3n) is 4.27. The van der Waals surface area contributed by atoms with Crippen molar-refractivity contribution in [3.05, 3.63) is 54.1 Å². The summed E-state index contributed by atoms with van der Waals surface area (Å²) in [4.78, 5) is 14.4. The third-order valence-corrected chi connectivity index (χ3v) is 6.67. The molecule has 0 spiro atoms. The Hall–Kier alpha value is -2.52. The van der Waals surface area contributed by atoms with Crippen LogP contribution in [-0.4, -0.2) is 38.9 Å². The normalized spacial score (nSPS) is 14.7. The van der Waals surface area contributed by atoms with Gasteiger partial charge in [-0.3, -0.25) is 4.79 Å². The van der Waals surface area contributed by atoms with Crippen LogP contribution in [0.3, 0.4) is 0 Å². The number of ether oxygens (including phenoxy) is 1. The lowest BCUT2D eigenvalue weighted by molar-refractivity contribution is -0.118. The maximum Gasteiger partial charge on any atom is 0.286 e. The summed E-state index contributed by atoms with van der Waals surface area (Å²) in [6.45, 7) is 2.99. The molecule has 0 saturated carbocycles. The smallest absolute Gasteiger partial charge is 0.286 e. The van der Waals surface area contributed by atoms with Crippen molar-refractivity contribution in [2.75, 3.05) is 24.3 Å². The molecule has 0 unspecified atom stereocenters. The Morgan fingerprint density at radius 2 is 2.00 bits per heavy atom. The van der Waals surface area contributed by atoms with E-state index in [-0.39, 0.29) is 16.6 Å². The molecule has 29 heavy (non-hydrogen) atoms. The number of para-hydroxylation sites is 1. The molecule has 0 fully saturated rings. The molecule has 7 nitrogen and oxygen atoms in total. The Balaban J connectivity index is 1.67. The van der Waals surface area contributed by atoms with Gasteiger partial charge in [-0.1, -0.05) is 43.0 Å². The first kappa shape index (κ1) is 21.2. The van der Waals surface area contributed by atoms with E-state index in [0.29, 0.717) is 23.9 Å². The molecule has 1 aliphatic heterocycles. The van der Waals surface area contributed by atoms with Crippen molar-refractivity contribution in [3.63, 3.8) is 0 Å². The maximum absolute atomic E-state index is 12.5. The molecule has 1 heterocycles. The SMILES string of the molecule is CCCN1C(SCC(=O)NCc2cccc(OC)c2)=NS(=O)(=O)c2ccccc21. The molecule has 1 aliphatic rings. The van der Waals surface area contributed by atoms with Gasteiger partial charge in [0.25, 0.3) is 10.0 Å². The number of carbonyl (C=O) groups is 1. The van der Waals surface area contributed by atoms with E-state index in [2.05, 4.69) is 9.71 Å². The summed E-state index contributed by atoms with van der Waals surface area (Å²) in [6.07, 6.45) is 0.815. The standard InChI is InChI=1S/C20H23N3O4S2/c1-3-11-23-17-9-4-5-10-18(17)29(25,26)22-20(23)28-14-19(24)21-13-15-7-6-8-16(12-15)27-2/h4-10,12H,3,11,13-14H2,1-2H3,(H,21,24). The number of rotatable bonds is 7. The molecule has 2 aromatic rings. The number of methoxy groups -OCH3 is 1. The molecule has 0 radical (unpaired) electrons. The quantitative estimate of drug-likeness (QED) is 0.722. The van der Waals surface area contributed by atoms with Crippen LogP contribution < -0.4 is 15.0 Å². The second-order valence-corrected chi connectivity index (χ2v) is 8.90. The summed E-state index contributed by atoms with van der Waals surface area (Å²) in [5.74, 6) is 0.593. The van der Waals surface area contributed by atoms with Gasteiger partial charge in [-0.15, -0.1) is 4.40 Å². The molecule has 0 atom stereocenters. The van der Waals surface area contributed by atoms with Crippen LogP contribution in [0.1, 0.15) is 18.9 Å². The molecule has 1 N–H and O–H groups in total.